The zero-order chi connectivity index (χ0) is 14.5. The van der Waals surface area contributed by atoms with Crippen molar-refractivity contribution in [3.05, 3.63) is 40.4 Å². The average molecular weight is 289 g/mol. The lowest BCUT2D eigenvalue weighted by molar-refractivity contribution is 0.102. The van der Waals surface area contributed by atoms with Crippen LogP contribution in [-0.2, 0) is 0 Å². The highest BCUT2D eigenvalue weighted by atomic mass is 32.1. The van der Waals surface area contributed by atoms with Crippen LogP contribution in [0, 0.1) is 13.8 Å². The van der Waals surface area contributed by atoms with E-state index < -0.39 is 0 Å². The van der Waals surface area contributed by atoms with Crippen molar-refractivity contribution in [2.75, 3.05) is 17.2 Å². The Bertz CT molecular complexity index is 607. The van der Waals surface area contributed by atoms with Crippen LogP contribution in [0.2, 0.25) is 0 Å². The summed E-state index contributed by atoms with van der Waals surface area (Å²) in [5.41, 5.74) is 2.59. The monoisotopic (exact) mass is 289 g/mol. The predicted molar refractivity (Wildman–Crippen MR) is 84.8 cm³/mol. The van der Waals surface area contributed by atoms with Crippen LogP contribution in [0.1, 0.15) is 34.1 Å². The first-order valence-corrected chi connectivity index (χ1v) is 7.50. The number of benzene rings is 1. The number of rotatable bonds is 5. The lowest BCUT2D eigenvalue weighted by Crippen LogP contribution is -2.15. The molecule has 20 heavy (non-hydrogen) atoms. The van der Waals surface area contributed by atoms with E-state index in [4.69, 9.17) is 0 Å². The van der Waals surface area contributed by atoms with E-state index >= 15 is 0 Å². The van der Waals surface area contributed by atoms with Gasteiger partial charge in [0.05, 0.1) is 5.56 Å². The van der Waals surface area contributed by atoms with Gasteiger partial charge in [0.2, 0.25) is 0 Å². The molecule has 0 unspecified atom stereocenters. The van der Waals surface area contributed by atoms with Gasteiger partial charge >= 0.3 is 0 Å². The van der Waals surface area contributed by atoms with Gasteiger partial charge in [0.1, 0.15) is 0 Å². The number of hydrogen-bond donors (Lipinski definition) is 2. The van der Waals surface area contributed by atoms with E-state index in [2.05, 4.69) is 22.5 Å². The minimum absolute atomic E-state index is 0.123. The Hall–Kier alpha value is -1.88. The Balaban J connectivity index is 2.21. The maximum atomic E-state index is 12.4. The topological polar surface area (TPSA) is 54.0 Å². The summed E-state index contributed by atoms with van der Waals surface area (Å²) in [6.07, 6.45) is 2.77. The third-order valence-electron chi connectivity index (χ3n) is 2.83. The number of carbonyl (C=O) groups is 1. The highest BCUT2D eigenvalue weighted by Crippen LogP contribution is 2.21. The van der Waals surface area contributed by atoms with Gasteiger partial charge in [0.15, 0.2) is 5.13 Å². The number of hydrogen-bond acceptors (Lipinski definition) is 4. The fourth-order valence-corrected chi connectivity index (χ4v) is 2.50. The fraction of sp³-hybridized carbons (Fsp3) is 0.333. The molecule has 0 aliphatic rings. The van der Waals surface area contributed by atoms with Crippen LogP contribution in [0.4, 0.5) is 10.8 Å². The Morgan fingerprint density at radius 1 is 1.35 bits per heavy atom. The predicted octanol–water partition coefficient (Wildman–Crippen LogP) is 3.83. The average Bonchev–Trinajstić information content (AvgIpc) is 2.82. The van der Waals surface area contributed by atoms with Crippen LogP contribution < -0.4 is 10.6 Å². The number of nitrogens with one attached hydrogen (secondary N) is 2. The van der Waals surface area contributed by atoms with Gasteiger partial charge in [0.25, 0.3) is 5.91 Å². The maximum absolute atomic E-state index is 12.4. The van der Waals surface area contributed by atoms with Gasteiger partial charge in [-0.05, 0) is 32.4 Å². The van der Waals surface area contributed by atoms with E-state index in [0.717, 1.165) is 29.1 Å². The van der Waals surface area contributed by atoms with Crippen LogP contribution in [0.3, 0.4) is 0 Å². The number of anilines is 2. The normalized spacial score (nSPS) is 10.3. The van der Waals surface area contributed by atoms with Crippen LogP contribution in [0.15, 0.2) is 24.4 Å². The Labute approximate surface area is 123 Å². The third-order valence-corrected chi connectivity index (χ3v) is 3.66. The molecule has 1 amide bonds. The number of aryl methyl sites for hydroxylation is 2. The number of aromatic nitrogens is 1. The van der Waals surface area contributed by atoms with E-state index in [1.165, 1.54) is 11.3 Å². The lowest BCUT2D eigenvalue weighted by Gasteiger charge is -2.11. The fourth-order valence-electron chi connectivity index (χ4n) is 1.84. The molecule has 0 spiro atoms. The van der Waals surface area contributed by atoms with E-state index in [0.29, 0.717) is 10.7 Å². The summed E-state index contributed by atoms with van der Waals surface area (Å²) < 4.78 is 0. The van der Waals surface area contributed by atoms with Gasteiger partial charge in [-0.1, -0.05) is 18.6 Å². The minimum Gasteiger partial charge on any atom is -0.384 e. The maximum Gasteiger partial charge on any atom is 0.259 e. The van der Waals surface area contributed by atoms with Crippen molar-refractivity contribution in [2.45, 2.75) is 27.2 Å². The molecular formula is C15H19N3OS. The number of amides is 1. The van der Waals surface area contributed by atoms with Crippen molar-refractivity contribution in [1.82, 2.24) is 4.98 Å². The van der Waals surface area contributed by atoms with Crippen LogP contribution in [-0.4, -0.2) is 17.4 Å². The Morgan fingerprint density at radius 2 is 2.15 bits per heavy atom. The highest BCUT2D eigenvalue weighted by Gasteiger charge is 2.13. The summed E-state index contributed by atoms with van der Waals surface area (Å²) in [5, 5.41) is 6.77. The second-order valence-corrected chi connectivity index (χ2v) is 5.94. The molecule has 0 saturated heterocycles. The molecular weight excluding hydrogens is 270 g/mol. The van der Waals surface area contributed by atoms with E-state index in [1.807, 2.05) is 32.0 Å². The molecule has 0 bridgehead atoms. The molecule has 5 heteroatoms. The Kier molecular flexibility index (Phi) is 4.74. The molecule has 4 nitrogen and oxygen atoms in total. The summed E-state index contributed by atoms with van der Waals surface area (Å²) in [6.45, 7) is 6.89. The van der Waals surface area contributed by atoms with Gasteiger partial charge in [-0.3, -0.25) is 10.1 Å². The zero-order valence-corrected chi connectivity index (χ0v) is 12.8. The first kappa shape index (κ1) is 14.5. The van der Waals surface area contributed by atoms with Crippen LogP contribution in [0.25, 0.3) is 0 Å². The van der Waals surface area contributed by atoms with Gasteiger partial charge in [0, 0.05) is 23.3 Å². The quantitative estimate of drug-likeness (QED) is 0.879. The summed E-state index contributed by atoms with van der Waals surface area (Å²) in [6, 6.07) is 5.85. The van der Waals surface area contributed by atoms with Crippen molar-refractivity contribution in [3.8, 4) is 0 Å². The molecule has 1 heterocycles. The number of nitrogens with zero attached hydrogens (tertiary/aromatic N) is 1. The Morgan fingerprint density at radius 3 is 2.80 bits per heavy atom. The van der Waals surface area contributed by atoms with Gasteiger partial charge in [-0.2, -0.15) is 0 Å². The SMILES string of the molecule is CCCNc1ccc(C)cc1C(=O)Nc1ncc(C)s1. The molecule has 1 aromatic heterocycles. The third kappa shape index (κ3) is 3.57. The smallest absolute Gasteiger partial charge is 0.259 e. The molecule has 2 aromatic rings. The molecule has 0 fully saturated rings. The van der Waals surface area contributed by atoms with Crippen molar-refractivity contribution >= 4 is 28.1 Å². The molecule has 2 rings (SSSR count). The van der Waals surface area contributed by atoms with Gasteiger partial charge in [-0.25, -0.2) is 4.98 Å². The second kappa shape index (κ2) is 6.52. The highest BCUT2D eigenvalue weighted by molar-refractivity contribution is 7.15. The van der Waals surface area contributed by atoms with E-state index in [-0.39, 0.29) is 5.91 Å². The van der Waals surface area contributed by atoms with Crippen LogP contribution >= 0.6 is 11.3 Å². The molecule has 1 aromatic carbocycles. The van der Waals surface area contributed by atoms with Crippen LogP contribution in [0.5, 0.6) is 0 Å². The van der Waals surface area contributed by atoms with Crippen molar-refractivity contribution in [3.63, 3.8) is 0 Å². The first-order valence-electron chi connectivity index (χ1n) is 6.68. The van der Waals surface area contributed by atoms with Gasteiger partial charge < -0.3 is 5.32 Å². The lowest BCUT2D eigenvalue weighted by atomic mass is 10.1. The summed E-state index contributed by atoms with van der Waals surface area (Å²) >= 11 is 1.48. The number of thiazole rings is 1. The van der Waals surface area contributed by atoms with Crippen molar-refractivity contribution in [2.24, 2.45) is 0 Å². The van der Waals surface area contributed by atoms with E-state index in [9.17, 15) is 4.79 Å². The summed E-state index contributed by atoms with van der Waals surface area (Å²) in [7, 11) is 0. The van der Waals surface area contributed by atoms with Gasteiger partial charge in [-0.15, -0.1) is 11.3 Å². The van der Waals surface area contributed by atoms with Crippen molar-refractivity contribution < 1.29 is 4.79 Å². The molecule has 0 aliphatic heterocycles. The largest absolute Gasteiger partial charge is 0.384 e. The summed E-state index contributed by atoms with van der Waals surface area (Å²) in [4.78, 5) is 17.6. The zero-order valence-electron chi connectivity index (χ0n) is 12.0. The first-order chi connectivity index (χ1) is 9.60. The van der Waals surface area contributed by atoms with Crippen molar-refractivity contribution in [1.29, 1.82) is 0 Å². The number of carbonyl (C=O) groups excluding carboxylic acids is 1. The molecule has 0 aliphatic carbocycles. The minimum atomic E-state index is -0.123. The molecule has 2 N–H and O–H groups in total. The second-order valence-electron chi connectivity index (χ2n) is 4.71. The molecule has 106 valence electrons. The van der Waals surface area contributed by atoms with E-state index in [1.54, 1.807) is 6.20 Å². The molecule has 0 atom stereocenters. The molecule has 0 saturated carbocycles. The molecule has 0 radical (unpaired) electrons. The summed E-state index contributed by atoms with van der Waals surface area (Å²) in [5.74, 6) is -0.123. The standard InChI is InChI=1S/C15H19N3OS/c1-4-7-16-13-6-5-10(2)8-12(13)14(19)18-15-17-9-11(3)20-15/h5-6,8-9,16H,4,7H2,1-3H3,(H,17,18,19).